The van der Waals surface area contributed by atoms with E-state index in [9.17, 15) is 13.2 Å². The van der Waals surface area contributed by atoms with Crippen molar-refractivity contribution in [2.45, 2.75) is 43.0 Å². The summed E-state index contributed by atoms with van der Waals surface area (Å²) >= 11 is 0. The zero-order chi connectivity index (χ0) is 17.0. The lowest BCUT2D eigenvalue weighted by Gasteiger charge is -2.22. The third kappa shape index (κ3) is 4.78. The summed E-state index contributed by atoms with van der Waals surface area (Å²) < 4.78 is 26.8. The highest BCUT2D eigenvalue weighted by atomic mass is 32.2. The number of hydrogen-bond acceptors (Lipinski definition) is 4. The minimum absolute atomic E-state index is 0.0762. The van der Waals surface area contributed by atoms with E-state index in [1.165, 1.54) is 25.0 Å². The molecular formula is C17H25N3O3S. The predicted molar refractivity (Wildman–Crippen MR) is 92.3 cm³/mol. The largest absolute Gasteiger partial charge is 0.352 e. The van der Waals surface area contributed by atoms with Crippen LogP contribution in [0.15, 0.2) is 29.2 Å². The van der Waals surface area contributed by atoms with Gasteiger partial charge in [-0.25, -0.2) is 13.1 Å². The molecule has 3 N–H and O–H groups in total. The van der Waals surface area contributed by atoms with Gasteiger partial charge in [0.1, 0.15) is 0 Å². The number of piperidine rings is 1. The van der Waals surface area contributed by atoms with Crippen molar-refractivity contribution < 1.29 is 13.2 Å². The summed E-state index contributed by atoms with van der Waals surface area (Å²) in [5, 5.41) is 6.28. The lowest BCUT2D eigenvalue weighted by molar-refractivity contribution is 0.0950. The van der Waals surface area contributed by atoms with Crippen LogP contribution in [0, 0.1) is 5.92 Å². The number of carbonyl (C=O) groups is 1. The van der Waals surface area contributed by atoms with E-state index in [0.29, 0.717) is 18.0 Å². The molecule has 2 aliphatic rings. The Bertz CT molecular complexity index is 663. The summed E-state index contributed by atoms with van der Waals surface area (Å²) in [6.07, 6.45) is 5.18. The monoisotopic (exact) mass is 351 g/mol. The SMILES string of the molecule is O=C(NCCC1CCCNC1)c1ccc(S(=O)(=O)NC2CC2)cc1. The molecule has 6 nitrogen and oxygen atoms in total. The van der Waals surface area contributed by atoms with Gasteiger partial charge in [0.15, 0.2) is 0 Å². The first-order chi connectivity index (χ1) is 11.5. The Morgan fingerprint density at radius 3 is 2.54 bits per heavy atom. The van der Waals surface area contributed by atoms with Crippen molar-refractivity contribution in [3.05, 3.63) is 29.8 Å². The van der Waals surface area contributed by atoms with Crippen molar-refractivity contribution in [3.63, 3.8) is 0 Å². The van der Waals surface area contributed by atoms with Gasteiger partial charge in [-0.1, -0.05) is 0 Å². The molecule has 1 heterocycles. The van der Waals surface area contributed by atoms with E-state index in [4.69, 9.17) is 0 Å². The summed E-state index contributed by atoms with van der Waals surface area (Å²) in [5.74, 6) is 0.470. The summed E-state index contributed by atoms with van der Waals surface area (Å²) in [6, 6.07) is 6.19. The van der Waals surface area contributed by atoms with Gasteiger partial charge in [-0.3, -0.25) is 4.79 Å². The highest BCUT2D eigenvalue weighted by molar-refractivity contribution is 7.89. The molecule has 1 saturated heterocycles. The van der Waals surface area contributed by atoms with Crippen molar-refractivity contribution in [1.82, 2.24) is 15.4 Å². The van der Waals surface area contributed by atoms with E-state index < -0.39 is 10.0 Å². The summed E-state index contributed by atoms with van der Waals surface area (Å²) in [5.41, 5.74) is 0.488. The molecule has 0 spiro atoms. The Morgan fingerprint density at radius 1 is 1.17 bits per heavy atom. The van der Waals surface area contributed by atoms with Crippen LogP contribution in [0.5, 0.6) is 0 Å². The first-order valence-corrected chi connectivity index (χ1v) is 10.1. The van der Waals surface area contributed by atoms with Crippen LogP contribution in [-0.2, 0) is 10.0 Å². The molecule has 2 fully saturated rings. The number of rotatable bonds is 7. The summed E-state index contributed by atoms with van der Waals surface area (Å²) in [7, 11) is -3.46. The van der Waals surface area contributed by atoms with E-state index in [0.717, 1.165) is 32.4 Å². The molecule has 1 saturated carbocycles. The molecule has 1 amide bonds. The molecule has 1 unspecified atom stereocenters. The van der Waals surface area contributed by atoms with Crippen LogP contribution in [-0.4, -0.2) is 40.0 Å². The molecule has 0 aromatic heterocycles. The van der Waals surface area contributed by atoms with Crippen molar-refractivity contribution in [3.8, 4) is 0 Å². The maximum atomic E-state index is 12.1. The van der Waals surface area contributed by atoms with Crippen molar-refractivity contribution in [2.75, 3.05) is 19.6 Å². The first-order valence-electron chi connectivity index (χ1n) is 8.66. The van der Waals surface area contributed by atoms with Gasteiger partial charge in [-0.15, -0.1) is 0 Å². The average molecular weight is 351 g/mol. The van der Waals surface area contributed by atoms with E-state index in [2.05, 4.69) is 15.4 Å². The van der Waals surface area contributed by atoms with Crippen LogP contribution in [0.25, 0.3) is 0 Å². The van der Waals surface area contributed by atoms with Crippen LogP contribution in [0.2, 0.25) is 0 Å². The van der Waals surface area contributed by atoms with Crippen molar-refractivity contribution in [2.24, 2.45) is 5.92 Å². The Morgan fingerprint density at radius 2 is 1.92 bits per heavy atom. The third-order valence-corrected chi connectivity index (χ3v) is 6.10. The van der Waals surface area contributed by atoms with Gasteiger partial charge in [-0.05, 0) is 75.4 Å². The fourth-order valence-corrected chi connectivity index (χ4v) is 4.24. The number of sulfonamides is 1. The van der Waals surface area contributed by atoms with Crippen LogP contribution in [0.1, 0.15) is 42.5 Å². The van der Waals surface area contributed by atoms with E-state index in [1.807, 2.05) is 0 Å². The molecule has 1 aromatic carbocycles. The molecule has 0 radical (unpaired) electrons. The van der Waals surface area contributed by atoms with Gasteiger partial charge in [0.05, 0.1) is 4.90 Å². The summed E-state index contributed by atoms with van der Waals surface area (Å²) in [4.78, 5) is 12.4. The Kier molecular flexibility index (Phi) is 5.53. The van der Waals surface area contributed by atoms with Gasteiger partial charge in [0.25, 0.3) is 5.91 Å². The standard InChI is InChI=1S/C17H25N3O3S/c21-17(19-11-9-13-2-1-10-18-12-13)14-3-7-16(8-4-14)24(22,23)20-15-5-6-15/h3-4,7-8,13,15,18,20H,1-2,5-6,9-12H2,(H,19,21). The van der Waals surface area contributed by atoms with Crippen molar-refractivity contribution >= 4 is 15.9 Å². The lowest BCUT2D eigenvalue weighted by atomic mass is 9.96. The van der Waals surface area contributed by atoms with Gasteiger partial charge < -0.3 is 10.6 Å². The second-order valence-corrected chi connectivity index (χ2v) is 8.39. The molecule has 3 rings (SSSR count). The van der Waals surface area contributed by atoms with Crippen LogP contribution in [0.3, 0.4) is 0 Å². The molecule has 132 valence electrons. The Labute approximate surface area is 143 Å². The fraction of sp³-hybridized carbons (Fsp3) is 0.588. The highest BCUT2D eigenvalue weighted by Gasteiger charge is 2.27. The molecule has 24 heavy (non-hydrogen) atoms. The maximum absolute atomic E-state index is 12.1. The van der Waals surface area contributed by atoms with Gasteiger partial charge >= 0.3 is 0 Å². The van der Waals surface area contributed by atoms with Crippen molar-refractivity contribution in [1.29, 1.82) is 0 Å². The van der Waals surface area contributed by atoms with E-state index >= 15 is 0 Å². The zero-order valence-electron chi connectivity index (χ0n) is 13.8. The molecule has 1 aromatic rings. The zero-order valence-corrected chi connectivity index (χ0v) is 14.6. The quantitative estimate of drug-likeness (QED) is 0.690. The molecule has 0 bridgehead atoms. The minimum Gasteiger partial charge on any atom is -0.352 e. The minimum atomic E-state index is -3.46. The van der Waals surface area contributed by atoms with E-state index in [-0.39, 0.29) is 16.8 Å². The fourth-order valence-electron chi connectivity index (χ4n) is 2.94. The van der Waals surface area contributed by atoms with E-state index in [1.54, 1.807) is 12.1 Å². The first kappa shape index (κ1) is 17.4. The second-order valence-electron chi connectivity index (χ2n) is 6.68. The number of hydrogen-bond donors (Lipinski definition) is 3. The number of amides is 1. The van der Waals surface area contributed by atoms with Crippen LogP contribution >= 0.6 is 0 Å². The van der Waals surface area contributed by atoms with Crippen LogP contribution < -0.4 is 15.4 Å². The number of nitrogens with one attached hydrogen (secondary N) is 3. The predicted octanol–water partition coefficient (Wildman–Crippen LogP) is 1.25. The molecular weight excluding hydrogens is 326 g/mol. The van der Waals surface area contributed by atoms with Gasteiger partial charge in [-0.2, -0.15) is 0 Å². The van der Waals surface area contributed by atoms with Gasteiger partial charge in [0, 0.05) is 18.2 Å². The molecule has 7 heteroatoms. The normalized spacial score (nSPS) is 21.4. The maximum Gasteiger partial charge on any atom is 0.251 e. The number of benzene rings is 1. The Balaban J connectivity index is 1.49. The molecule has 1 atom stereocenters. The van der Waals surface area contributed by atoms with Crippen LogP contribution in [0.4, 0.5) is 0 Å². The lowest BCUT2D eigenvalue weighted by Crippen LogP contribution is -2.33. The third-order valence-electron chi connectivity index (χ3n) is 4.56. The molecule has 1 aliphatic carbocycles. The average Bonchev–Trinajstić information content (AvgIpc) is 3.39. The smallest absolute Gasteiger partial charge is 0.251 e. The topological polar surface area (TPSA) is 87.3 Å². The molecule has 1 aliphatic heterocycles. The Hall–Kier alpha value is -1.44. The second kappa shape index (κ2) is 7.63. The number of carbonyl (C=O) groups excluding carboxylic acids is 1. The van der Waals surface area contributed by atoms with Gasteiger partial charge in [0.2, 0.25) is 10.0 Å². The summed E-state index contributed by atoms with van der Waals surface area (Å²) in [6.45, 7) is 2.76. The highest BCUT2D eigenvalue weighted by Crippen LogP contribution is 2.22.